The third-order valence-electron chi connectivity index (χ3n) is 11.6. The lowest BCUT2D eigenvalue weighted by atomic mass is 10.2. The van der Waals surface area contributed by atoms with Crippen molar-refractivity contribution in [2.75, 3.05) is 13.1 Å². The van der Waals surface area contributed by atoms with Crippen LogP contribution in [0.3, 0.4) is 0 Å². The van der Waals surface area contributed by atoms with Crippen molar-refractivity contribution in [3.63, 3.8) is 0 Å². The number of hydrogen-bond donors (Lipinski definition) is 5. The fourth-order valence-corrected chi connectivity index (χ4v) is 10.7. The second-order valence-corrected chi connectivity index (χ2v) is 23.9. The molecule has 4 aromatic heterocycles. The van der Waals surface area contributed by atoms with Gasteiger partial charge in [-0.1, -0.05) is 35.4 Å². The molecule has 0 bridgehead atoms. The van der Waals surface area contributed by atoms with Crippen LogP contribution in [0.4, 0.5) is 9.59 Å². The number of aliphatic hydroxyl groups excluding tert-OH is 2. The molecule has 6 N–H and O–H groups in total. The van der Waals surface area contributed by atoms with Gasteiger partial charge in [0.15, 0.2) is 11.3 Å². The first kappa shape index (κ1) is 57.2. The van der Waals surface area contributed by atoms with E-state index in [1.54, 1.807) is 110 Å². The van der Waals surface area contributed by atoms with Gasteiger partial charge in [0, 0.05) is 31.8 Å². The van der Waals surface area contributed by atoms with Crippen LogP contribution in [-0.2, 0) is 52.2 Å². The number of amides is 3. The van der Waals surface area contributed by atoms with Crippen molar-refractivity contribution in [1.29, 1.82) is 0 Å². The Morgan fingerprint density at radius 2 is 1.04 bits per heavy atom. The molecule has 0 unspecified atom stereocenters. The first-order chi connectivity index (χ1) is 34.9. The number of aryl methyl sites for hydroxylation is 4. The van der Waals surface area contributed by atoms with E-state index in [9.17, 15) is 46.2 Å². The minimum absolute atomic E-state index is 0.000924. The van der Waals surface area contributed by atoms with Crippen LogP contribution < -0.4 is 11.1 Å². The zero-order chi connectivity index (χ0) is 55.5. The number of β-amino-alcohol motifs (C(OH)–C–C–N with tert-alkyl or cyclic N) is 2. The molecule has 25 heteroatoms. The van der Waals surface area contributed by atoms with Crippen molar-refractivity contribution in [1.82, 2.24) is 43.0 Å². The van der Waals surface area contributed by atoms with Gasteiger partial charge in [-0.25, -0.2) is 59.1 Å². The average Bonchev–Trinajstić information content (AvgIpc) is 4.10. The van der Waals surface area contributed by atoms with E-state index in [0.29, 0.717) is 33.6 Å². The summed E-state index contributed by atoms with van der Waals surface area (Å²) >= 11 is 0. The summed E-state index contributed by atoms with van der Waals surface area (Å²) in [6, 6.07) is 11.4. The smallest absolute Gasteiger partial charge is 0.411 e. The molecule has 2 aliphatic rings. The van der Waals surface area contributed by atoms with Gasteiger partial charge in [-0.15, -0.1) is 0 Å². The second kappa shape index (κ2) is 22.4. The molecule has 404 valence electrons. The van der Waals surface area contributed by atoms with Crippen LogP contribution >= 0.6 is 0 Å². The molecule has 6 heterocycles. The predicted octanol–water partition coefficient (Wildman–Crippen LogP) is 4.46. The number of likely N-dealkylation sites (tertiary alicyclic amines) is 2. The van der Waals surface area contributed by atoms with E-state index in [4.69, 9.17) is 20.3 Å². The first-order valence-corrected chi connectivity index (χ1v) is 26.7. The number of nitrogens with one attached hydrogen (secondary N) is 1. The standard InChI is InChI=1S/C25H31N5O6S.C15H16N4O2S.C10H17NO5/c1-15-6-8-19(9-7-15)37(34,35)30-13-16(2)21-22(30)26-11-17(28-21)12-27-23(32)20-10-18(31)14-29(20)24(33)36-25(3,4)5;1-10-3-5-13(6-4-10)22(20,21)19-9-11(2)14-15(19)17-8-12(7-16)18-14;1-10(2,3)16-9(15)11-5-6(12)4-7(11)8(13)14/h6-9,11,13,18,20,31H,10,12,14H2,1-5H3,(H,27,32);3-6,8-9H,7,16H2,1-2H3;6-7,12H,4-5H2,1-3H3,(H,13,14)/t18-,20-;;6-,7-/m1.1/s1. The minimum Gasteiger partial charge on any atom is -0.480 e. The van der Waals surface area contributed by atoms with Gasteiger partial charge in [0.2, 0.25) is 5.91 Å². The Labute approximate surface area is 434 Å². The average molecular weight is 1080 g/mol. The van der Waals surface area contributed by atoms with Crippen LogP contribution in [-0.4, -0.2) is 142 Å². The van der Waals surface area contributed by atoms with Gasteiger partial charge in [-0.05, 0) is 105 Å². The highest BCUT2D eigenvalue weighted by atomic mass is 32.2. The van der Waals surface area contributed by atoms with Gasteiger partial charge in [0.1, 0.15) is 34.3 Å². The lowest BCUT2D eigenvalue weighted by molar-refractivity contribution is -0.142. The molecule has 2 aliphatic heterocycles. The van der Waals surface area contributed by atoms with Crippen LogP contribution in [0.5, 0.6) is 0 Å². The molecule has 8 rings (SSSR count). The third-order valence-corrected chi connectivity index (χ3v) is 14.9. The number of aromatic nitrogens is 6. The van der Waals surface area contributed by atoms with E-state index >= 15 is 0 Å². The number of benzene rings is 2. The fraction of sp³-hybridized carbons (Fsp3) is 0.440. The van der Waals surface area contributed by atoms with E-state index in [0.717, 1.165) is 25.6 Å². The van der Waals surface area contributed by atoms with E-state index in [-0.39, 0.29) is 54.5 Å². The Bertz CT molecular complexity index is 3310. The molecule has 0 radical (unpaired) electrons. The Hall–Kier alpha value is -7.06. The summed E-state index contributed by atoms with van der Waals surface area (Å²) in [6.45, 7) is 17.9. The maximum Gasteiger partial charge on any atom is 0.411 e. The quantitative estimate of drug-likeness (QED) is 0.133. The summed E-state index contributed by atoms with van der Waals surface area (Å²) in [5, 5.41) is 31.0. The molecular formula is C50H64N10O13S2. The molecule has 2 saturated heterocycles. The number of carbonyl (C=O) groups is 4. The summed E-state index contributed by atoms with van der Waals surface area (Å²) < 4.78 is 64.7. The Balaban J connectivity index is 0.000000203. The number of carboxylic acids is 1. The number of aliphatic hydroxyl groups is 2. The summed E-state index contributed by atoms with van der Waals surface area (Å²) in [6.07, 6.45) is 3.06. The molecule has 75 heavy (non-hydrogen) atoms. The Kier molecular flexibility index (Phi) is 17.1. The lowest BCUT2D eigenvalue weighted by Crippen LogP contribution is -2.47. The van der Waals surface area contributed by atoms with Gasteiger partial charge in [0.25, 0.3) is 20.0 Å². The lowest BCUT2D eigenvalue weighted by Gasteiger charge is -2.27. The monoisotopic (exact) mass is 1080 g/mol. The number of ether oxygens (including phenoxy) is 2. The van der Waals surface area contributed by atoms with Gasteiger partial charge >= 0.3 is 18.2 Å². The molecular weight excluding hydrogens is 1010 g/mol. The third kappa shape index (κ3) is 13.6. The number of carboxylic acid groups (broad SMARTS) is 1. The minimum atomic E-state index is -3.87. The van der Waals surface area contributed by atoms with E-state index in [1.807, 2.05) is 13.8 Å². The van der Waals surface area contributed by atoms with Gasteiger partial charge in [-0.2, -0.15) is 0 Å². The van der Waals surface area contributed by atoms with Crippen molar-refractivity contribution in [3.05, 3.63) is 107 Å². The van der Waals surface area contributed by atoms with Gasteiger partial charge in [0.05, 0.1) is 65.4 Å². The summed E-state index contributed by atoms with van der Waals surface area (Å²) in [4.78, 5) is 68.0. The largest absolute Gasteiger partial charge is 0.480 e. The molecule has 0 saturated carbocycles. The summed E-state index contributed by atoms with van der Waals surface area (Å²) in [5.74, 6) is -1.58. The Morgan fingerprint density at radius 1 is 0.653 bits per heavy atom. The number of aliphatic carboxylic acids is 1. The second-order valence-electron chi connectivity index (χ2n) is 20.3. The van der Waals surface area contributed by atoms with Gasteiger partial charge in [-0.3, -0.25) is 14.6 Å². The molecule has 6 aromatic rings. The summed E-state index contributed by atoms with van der Waals surface area (Å²) in [7, 11) is -7.57. The number of nitrogens with zero attached hydrogens (tertiary/aromatic N) is 8. The normalized spacial score (nSPS) is 18.0. The first-order valence-electron chi connectivity index (χ1n) is 23.8. The molecule has 4 atom stereocenters. The molecule has 23 nitrogen and oxygen atoms in total. The molecule has 2 aromatic carbocycles. The number of nitrogens with two attached hydrogens (primary N) is 1. The van der Waals surface area contributed by atoms with Gasteiger partial charge < -0.3 is 35.8 Å². The fourth-order valence-electron chi connectivity index (χ4n) is 7.93. The number of hydrogen-bond acceptors (Lipinski definition) is 17. The predicted molar refractivity (Wildman–Crippen MR) is 274 cm³/mol. The maximum atomic E-state index is 13.2. The number of rotatable bonds is 9. The zero-order valence-corrected chi connectivity index (χ0v) is 45.0. The highest BCUT2D eigenvalue weighted by Gasteiger charge is 2.42. The van der Waals surface area contributed by atoms with Crippen molar-refractivity contribution in [2.45, 2.75) is 140 Å². The zero-order valence-electron chi connectivity index (χ0n) is 43.4. The summed E-state index contributed by atoms with van der Waals surface area (Å²) in [5.41, 5.74) is 9.94. The van der Waals surface area contributed by atoms with E-state index in [1.165, 1.54) is 27.5 Å². The molecule has 3 amide bonds. The maximum absolute atomic E-state index is 13.2. The SMILES string of the molecule is CC(C)(C)OC(=O)N1C[C@H](O)C[C@@H]1C(=O)O.Cc1ccc(S(=O)(=O)n2cc(C)c3nc(CN)cnc32)cc1.Cc1ccc(S(=O)(=O)n2cc(C)c3nc(CNC(=O)[C@H]4C[C@@H](O)CN4C(=O)OC(C)(C)C)cnc32)cc1. The van der Waals surface area contributed by atoms with Crippen LogP contribution in [0.1, 0.15) is 88.0 Å². The molecule has 2 fully saturated rings. The van der Waals surface area contributed by atoms with Crippen molar-refractivity contribution < 1.29 is 60.8 Å². The van der Waals surface area contributed by atoms with Crippen LogP contribution in [0.25, 0.3) is 22.3 Å². The van der Waals surface area contributed by atoms with Crippen molar-refractivity contribution in [2.24, 2.45) is 5.73 Å². The van der Waals surface area contributed by atoms with Crippen molar-refractivity contribution in [3.8, 4) is 0 Å². The van der Waals surface area contributed by atoms with E-state index in [2.05, 4.69) is 25.3 Å². The van der Waals surface area contributed by atoms with Crippen molar-refractivity contribution >= 4 is 66.4 Å². The number of carbonyl (C=O) groups excluding carboxylic acids is 3. The van der Waals surface area contributed by atoms with E-state index < -0.39 is 79.6 Å². The Morgan fingerprint density at radius 3 is 1.44 bits per heavy atom. The highest BCUT2D eigenvalue weighted by Crippen LogP contribution is 2.27. The number of fused-ring (bicyclic) bond motifs is 2. The van der Waals surface area contributed by atoms with Crippen LogP contribution in [0.15, 0.2) is 83.1 Å². The van der Waals surface area contributed by atoms with Crippen LogP contribution in [0, 0.1) is 27.7 Å². The topological polar surface area (TPSA) is 322 Å². The molecule has 0 spiro atoms. The molecule has 0 aliphatic carbocycles. The van der Waals surface area contributed by atoms with Crippen LogP contribution in [0.2, 0.25) is 0 Å². The highest BCUT2D eigenvalue weighted by molar-refractivity contribution is 7.90.